The molecule has 5 nitrogen and oxygen atoms in total. The van der Waals surface area contributed by atoms with Gasteiger partial charge in [0.15, 0.2) is 0 Å². The van der Waals surface area contributed by atoms with E-state index >= 15 is 0 Å². The zero-order valence-electron chi connectivity index (χ0n) is 28.0. The lowest BCUT2D eigenvalue weighted by Crippen LogP contribution is -1.90. The topological polar surface area (TPSA) is 63.9 Å². The summed E-state index contributed by atoms with van der Waals surface area (Å²) in [6, 6.07) is 50.3. The molecule has 0 aliphatic heterocycles. The first-order valence-corrected chi connectivity index (χ1v) is 16.9. The molecule has 0 atom stereocenters. The maximum absolute atomic E-state index is 5.03. The van der Waals surface area contributed by atoms with Crippen LogP contribution in [0, 0.1) is 0 Å². The highest BCUT2D eigenvalue weighted by Gasteiger charge is 2.10. The highest BCUT2D eigenvalue weighted by Crippen LogP contribution is 2.31. The normalized spacial score (nSPS) is 11.8. The van der Waals surface area contributed by atoms with E-state index in [0.717, 1.165) is 99.8 Å². The van der Waals surface area contributed by atoms with Gasteiger partial charge >= 0.3 is 0 Å². The van der Waals surface area contributed by atoms with Gasteiger partial charge in [-0.25, -0.2) is 15.0 Å². The standard InChI is InChI=1S/C46H31N5/c1-29(26-36-6-3-4-8-40(36)47-2)39-20-18-37-27-34(16-22-43(37)49-39)35-17-23-44-38(28-35)19-24-41(50-44)30-9-11-31(12-10-30)42-21-15-33-14-13-32-7-5-25-48-45(32)46(33)51-42/h3-28H,2H2,1H3/b29-26+. The van der Waals surface area contributed by atoms with Crippen molar-refractivity contribution < 1.29 is 0 Å². The molecule has 240 valence electrons. The summed E-state index contributed by atoms with van der Waals surface area (Å²) in [5, 5.41) is 4.36. The second kappa shape index (κ2) is 12.6. The molecule has 0 saturated heterocycles. The molecule has 0 fully saturated rings. The smallest absolute Gasteiger partial charge is 0.0972 e. The molecular weight excluding hydrogens is 623 g/mol. The molecule has 0 spiro atoms. The number of rotatable bonds is 6. The number of pyridine rings is 4. The van der Waals surface area contributed by atoms with Gasteiger partial charge in [-0.05, 0) is 91.0 Å². The Kier molecular flexibility index (Phi) is 7.44. The number of para-hydroxylation sites is 1. The van der Waals surface area contributed by atoms with E-state index in [1.165, 1.54) is 0 Å². The molecule has 5 heteroatoms. The SMILES string of the molecule is C=Nc1ccccc1/C=C(\C)c1ccc2cc(-c3ccc4nc(-c5ccc(-c6ccc7ccc8cccnc8c7n6)cc5)ccc4c3)ccc2n1. The van der Waals surface area contributed by atoms with Gasteiger partial charge in [0.1, 0.15) is 0 Å². The summed E-state index contributed by atoms with van der Waals surface area (Å²) >= 11 is 0. The van der Waals surface area contributed by atoms with Gasteiger partial charge in [-0.15, -0.1) is 0 Å². The van der Waals surface area contributed by atoms with Crippen LogP contribution in [-0.2, 0) is 0 Å². The Bertz CT molecular complexity index is 2840. The predicted molar refractivity (Wildman–Crippen MR) is 213 cm³/mol. The van der Waals surface area contributed by atoms with Crippen LogP contribution in [0.3, 0.4) is 0 Å². The van der Waals surface area contributed by atoms with E-state index < -0.39 is 0 Å². The zero-order chi connectivity index (χ0) is 34.3. The lowest BCUT2D eigenvalue weighted by Gasteiger charge is -2.09. The van der Waals surface area contributed by atoms with Crippen LogP contribution in [0.2, 0.25) is 0 Å². The van der Waals surface area contributed by atoms with Crippen molar-refractivity contribution in [1.29, 1.82) is 0 Å². The monoisotopic (exact) mass is 653 g/mol. The maximum atomic E-state index is 5.03. The molecule has 0 aliphatic carbocycles. The van der Waals surface area contributed by atoms with Gasteiger partial charge in [0.05, 0.1) is 44.8 Å². The van der Waals surface area contributed by atoms with E-state index in [1.54, 1.807) is 0 Å². The fourth-order valence-corrected chi connectivity index (χ4v) is 6.75. The summed E-state index contributed by atoms with van der Waals surface area (Å²) in [7, 11) is 0. The number of allylic oxidation sites excluding steroid dienone is 1. The molecule has 0 bridgehead atoms. The van der Waals surface area contributed by atoms with Crippen molar-refractivity contribution in [3.63, 3.8) is 0 Å². The number of hydrogen-bond donors (Lipinski definition) is 0. The van der Waals surface area contributed by atoms with E-state index in [1.807, 2.05) is 36.5 Å². The van der Waals surface area contributed by atoms with Crippen molar-refractivity contribution in [3.8, 4) is 33.6 Å². The first kappa shape index (κ1) is 30.2. The average Bonchev–Trinajstić information content (AvgIpc) is 3.20. The molecule has 0 N–H and O–H groups in total. The highest BCUT2D eigenvalue weighted by molar-refractivity contribution is 6.03. The molecule has 9 rings (SSSR count). The number of fused-ring (bicyclic) bond motifs is 5. The molecular formula is C46H31N5. The van der Waals surface area contributed by atoms with E-state index in [9.17, 15) is 0 Å². The first-order chi connectivity index (χ1) is 25.1. The van der Waals surface area contributed by atoms with Crippen LogP contribution >= 0.6 is 0 Å². The van der Waals surface area contributed by atoms with E-state index in [0.29, 0.717) is 0 Å². The summed E-state index contributed by atoms with van der Waals surface area (Å²) in [6.45, 7) is 5.78. The molecule has 0 aliphatic rings. The van der Waals surface area contributed by atoms with E-state index in [4.69, 9.17) is 15.0 Å². The van der Waals surface area contributed by atoms with Gasteiger partial charge in [0, 0.05) is 44.4 Å². The van der Waals surface area contributed by atoms with Crippen molar-refractivity contribution in [2.75, 3.05) is 0 Å². The summed E-state index contributed by atoms with van der Waals surface area (Å²) in [6.07, 6.45) is 3.93. The number of benzene rings is 5. The molecule has 5 aromatic carbocycles. The maximum Gasteiger partial charge on any atom is 0.0972 e. The second-order valence-electron chi connectivity index (χ2n) is 12.7. The van der Waals surface area contributed by atoms with Crippen LogP contribution in [0.25, 0.3) is 88.9 Å². The van der Waals surface area contributed by atoms with Crippen molar-refractivity contribution in [2.45, 2.75) is 6.92 Å². The largest absolute Gasteiger partial charge is 0.264 e. The zero-order valence-corrected chi connectivity index (χ0v) is 28.0. The third-order valence-corrected chi connectivity index (χ3v) is 9.50. The third kappa shape index (κ3) is 5.71. The Morgan fingerprint density at radius 3 is 1.84 bits per heavy atom. The lowest BCUT2D eigenvalue weighted by molar-refractivity contribution is 1.34. The highest BCUT2D eigenvalue weighted by atomic mass is 14.8. The van der Waals surface area contributed by atoms with E-state index in [-0.39, 0.29) is 0 Å². The first-order valence-electron chi connectivity index (χ1n) is 16.9. The summed E-state index contributed by atoms with van der Waals surface area (Å²) < 4.78 is 0. The van der Waals surface area contributed by atoms with Crippen molar-refractivity contribution >= 4 is 67.7 Å². The van der Waals surface area contributed by atoms with Gasteiger partial charge in [0.2, 0.25) is 0 Å². The minimum atomic E-state index is 0.862. The predicted octanol–water partition coefficient (Wildman–Crippen LogP) is 11.8. The molecule has 0 saturated carbocycles. The molecule has 51 heavy (non-hydrogen) atoms. The van der Waals surface area contributed by atoms with Crippen LogP contribution in [-0.4, -0.2) is 26.7 Å². The molecule has 4 aromatic heterocycles. The average molecular weight is 654 g/mol. The summed E-state index contributed by atoms with van der Waals surface area (Å²) in [5.41, 5.74) is 13.9. The van der Waals surface area contributed by atoms with Crippen molar-refractivity contribution in [3.05, 3.63) is 163 Å². The molecule has 0 radical (unpaired) electrons. The minimum Gasteiger partial charge on any atom is -0.264 e. The van der Waals surface area contributed by atoms with Crippen molar-refractivity contribution in [1.82, 2.24) is 19.9 Å². The Balaban J connectivity index is 0.963. The van der Waals surface area contributed by atoms with Crippen LogP contribution in [0.4, 0.5) is 5.69 Å². The Morgan fingerprint density at radius 1 is 0.529 bits per heavy atom. The van der Waals surface area contributed by atoms with Gasteiger partial charge in [0.25, 0.3) is 0 Å². The summed E-state index contributed by atoms with van der Waals surface area (Å²) in [4.78, 5) is 23.7. The number of aliphatic imine (C=N–C) groups is 1. The van der Waals surface area contributed by atoms with Gasteiger partial charge in [-0.3, -0.25) is 9.98 Å². The quantitative estimate of drug-likeness (QED) is 0.132. The van der Waals surface area contributed by atoms with Gasteiger partial charge in [-0.2, -0.15) is 0 Å². The van der Waals surface area contributed by atoms with Crippen LogP contribution in [0.15, 0.2) is 157 Å². The molecule has 4 heterocycles. The number of aromatic nitrogens is 4. The van der Waals surface area contributed by atoms with Gasteiger partial charge in [-0.1, -0.05) is 91.0 Å². The number of nitrogens with zero attached hydrogens (tertiary/aromatic N) is 5. The fraction of sp³-hybridized carbons (Fsp3) is 0.0217. The Morgan fingerprint density at radius 2 is 1.12 bits per heavy atom. The van der Waals surface area contributed by atoms with Crippen LogP contribution in [0.5, 0.6) is 0 Å². The minimum absolute atomic E-state index is 0.862. The number of hydrogen-bond acceptors (Lipinski definition) is 5. The van der Waals surface area contributed by atoms with Gasteiger partial charge < -0.3 is 0 Å². The Hall–Kier alpha value is -6.85. The lowest BCUT2D eigenvalue weighted by atomic mass is 10.00. The van der Waals surface area contributed by atoms with Crippen LogP contribution < -0.4 is 0 Å². The van der Waals surface area contributed by atoms with Crippen molar-refractivity contribution in [2.24, 2.45) is 4.99 Å². The van der Waals surface area contributed by atoms with E-state index in [2.05, 4.69) is 145 Å². The second-order valence-corrected chi connectivity index (χ2v) is 12.7. The fourth-order valence-electron chi connectivity index (χ4n) is 6.75. The third-order valence-electron chi connectivity index (χ3n) is 9.50. The Labute approximate surface area is 295 Å². The summed E-state index contributed by atoms with van der Waals surface area (Å²) in [5.74, 6) is 0. The molecule has 0 unspecified atom stereocenters. The molecule has 9 aromatic rings. The molecule has 0 amide bonds. The van der Waals surface area contributed by atoms with Crippen LogP contribution in [0.1, 0.15) is 18.2 Å².